The SMILES string of the molecule is Cc1nc(Br)ccc1NC(=O)C1CCCNC1. The monoisotopic (exact) mass is 297 g/mol. The molecule has 1 aromatic heterocycles. The van der Waals surface area contributed by atoms with Gasteiger partial charge in [-0.3, -0.25) is 4.79 Å². The minimum absolute atomic E-state index is 0.0757. The number of piperidine rings is 1. The Labute approximate surface area is 109 Å². The molecule has 1 aliphatic heterocycles. The molecule has 1 atom stereocenters. The average Bonchev–Trinajstić information content (AvgIpc) is 2.34. The predicted octanol–water partition coefficient (Wildman–Crippen LogP) is 2.09. The lowest BCUT2D eigenvalue weighted by atomic mass is 9.99. The summed E-state index contributed by atoms with van der Waals surface area (Å²) in [5.74, 6) is 0.163. The Morgan fingerprint density at radius 2 is 2.41 bits per heavy atom. The van der Waals surface area contributed by atoms with Crippen molar-refractivity contribution >= 4 is 27.5 Å². The van der Waals surface area contributed by atoms with Gasteiger partial charge in [0.05, 0.1) is 17.3 Å². The first kappa shape index (κ1) is 12.5. The van der Waals surface area contributed by atoms with Crippen LogP contribution in [0.3, 0.4) is 0 Å². The molecule has 17 heavy (non-hydrogen) atoms. The third kappa shape index (κ3) is 3.26. The van der Waals surface area contributed by atoms with Crippen molar-refractivity contribution < 1.29 is 4.79 Å². The molecule has 0 aromatic carbocycles. The lowest BCUT2D eigenvalue weighted by molar-refractivity contribution is -0.120. The van der Waals surface area contributed by atoms with E-state index in [9.17, 15) is 4.79 Å². The molecule has 92 valence electrons. The van der Waals surface area contributed by atoms with E-state index in [1.165, 1.54) is 0 Å². The van der Waals surface area contributed by atoms with Crippen molar-refractivity contribution in [2.45, 2.75) is 19.8 Å². The van der Waals surface area contributed by atoms with Gasteiger partial charge in [0.15, 0.2) is 0 Å². The molecule has 1 unspecified atom stereocenters. The summed E-state index contributed by atoms with van der Waals surface area (Å²) >= 11 is 3.31. The van der Waals surface area contributed by atoms with E-state index >= 15 is 0 Å². The molecule has 0 aliphatic carbocycles. The lowest BCUT2D eigenvalue weighted by Crippen LogP contribution is -2.37. The molecule has 1 fully saturated rings. The molecule has 0 spiro atoms. The summed E-state index contributed by atoms with van der Waals surface area (Å²) in [6.45, 7) is 3.68. The fourth-order valence-corrected chi connectivity index (χ4v) is 2.37. The van der Waals surface area contributed by atoms with Crippen LogP contribution in [0.4, 0.5) is 5.69 Å². The Bertz CT molecular complexity index is 416. The molecule has 0 radical (unpaired) electrons. The molecular formula is C12H16BrN3O. The van der Waals surface area contributed by atoms with Crippen LogP contribution in [0.1, 0.15) is 18.5 Å². The molecule has 4 nitrogen and oxygen atoms in total. The summed E-state index contributed by atoms with van der Waals surface area (Å²) in [4.78, 5) is 16.3. The van der Waals surface area contributed by atoms with E-state index in [-0.39, 0.29) is 11.8 Å². The maximum atomic E-state index is 12.0. The summed E-state index contributed by atoms with van der Waals surface area (Å²) in [5.41, 5.74) is 1.63. The predicted molar refractivity (Wildman–Crippen MR) is 70.9 cm³/mol. The zero-order valence-electron chi connectivity index (χ0n) is 9.79. The molecule has 0 saturated carbocycles. The Morgan fingerprint density at radius 1 is 1.59 bits per heavy atom. The van der Waals surface area contributed by atoms with Crippen LogP contribution in [-0.2, 0) is 4.79 Å². The highest BCUT2D eigenvalue weighted by Crippen LogP contribution is 2.18. The van der Waals surface area contributed by atoms with Crippen molar-refractivity contribution in [3.63, 3.8) is 0 Å². The molecule has 1 amide bonds. The first-order valence-electron chi connectivity index (χ1n) is 5.81. The van der Waals surface area contributed by atoms with Gasteiger partial charge in [-0.25, -0.2) is 4.98 Å². The number of amides is 1. The van der Waals surface area contributed by atoms with Crippen LogP contribution in [-0.4, -0.2) is 24.0 Å². The Kier molecular flexibility index (Phi) is 4.12. The number of nitrogens with one attached hydrogen (secondary N) is 2. The number of hydrogen-bond donors (Lipinski definition) is 2. The number of carbonyl (C=O) groups is 1. The minimum Gasteiger partial charge on any atom is -0.324 e. The summed E-state index contributed by atoms with van der Waals surface area (Å²) < 4.78 is 0.785. The first-order chi connectivity index (χ1) is 8.16. The number of halogens is 1. The fraction of sp³-hybridized carbons (Fsp3) is 0.500. The summed E-state index contributed by atoms with van der Waals surface area (Å²) in [6.07, 6.45) is 2.03. The van der Waals surface area contributed by atoms with Gasteiger partial charge in [0.25, 0.3) is 0 Å². The third-order valence-corrected chi connectivity index (χ3v) is 3.42. The van der Waals surface area contributed by atoms with Gasteiger partial charge >= 0.3 is 0 Å². The highest BCUT2D eigenvalue weighted by molar-refractivity contribution is 9.10. The third-order valence-electron chi connectivity index (χ3n) is 2.98. The topological polar surface area (TPSA) is 54.0 Å². The molecule has 1 aliphatic rings. The van der Waals surface area contributed by atoms with Crippen LogP contribution in [0.5, 0.6) is 0 Å². The van der Waals surface area contributed by atoms with Gasteiger partial charge in [0.2, 0.25) is 5.91 Å². The number of nitrogens with zero attached hydrogens (tertiary/aromatic N) is 1. The second-order valence-corrected chi connectivity index (χ2v) is 5.11. The Balaban J connectivity index is 2.02. The highest BCUT2D eigenvalue weighted by atomic mass is 79.9. The van der Waals surface area contributed by atoms with Crippen molar-refractivity contribution in [3.05, 3.63) is 22.4 Å². The average molecular weight is 298 g/mol. The number of rotatable bonds is 2. The zero-order chi connectivity index (χ0) is 12.3. The quantitative estimate of drug-likeness (QED) is 0.822. The van der Waals surface area contributed by atoms with Crippen molar-refractivity contribution in [1.82, 2.24) is 10.3 Å². The van der Waals surface area contributed by atoms with Gasteiger partial charge in [-0.15, -0.1) is 0 Å². The summed E-state index contributed by atoms with van der Waals surface area (Å²) in [6, 6.07) is 3.71. The number of anilines is 1. The number of aromatic nitrogens is 1. The van der Waals surface area contributed by atoms with E-state index in [4.69, 9.17) is 0 Å². The van der Waals surface area contributed by atoms with Gasteiger partial charge < -0.3 is 10.6 Å². The fourth-order valence-electron chi connectivity index (χ4n) is 1.97. The first-order valence-corrected chi connectivity index (χ1v) is 6.61. The minimum atomic E-state index is 0.0757. The number of carbonyl (C=O) groups excluding carboxylic acids is 1. The molecule has 5 heteroatoms. The van der Waals surface area contributed by atoms with E-state index in [0.717, 1.165) is 41.9 Å². The molecule has 2 rings (SSSR count). The van der Waals surface area contributed by atoms with Crippen LogP contribution in [0.25, 0.3) is 0 Å². The maximum Gasteiger partial charge on any atom is 0.228 e. The number of aryl methyl sites for hydroxylation is 1. The zero-order valence-corrected chi connectivity index (χ0v) is 11.4. The smallest absolute Gasteiger partial charge is 0.228 e. The lowest BCUT2D eigenvalue weighted by Gasteiger charge is -2.22. The molecule has 1 saturated heterocycles. The van der Waals surface area contributed by atoms with Crippen LogP contribution in [0, 0.1) is 12.8 Å². The molecule has 1 aromatic rings. The van der Waals surface area contributed by atoms with Gasteiger partial charge in [-0.2, -0.15) is 0 Å². The Hall–Kier alpha value is -0.940. The summed E-state index contributed by atoms with van der Waals surface area (Å²) in [7, 11) is 0. The maximum absolute atomic E-state index is 12.0. The van der Waals surface area contributed by atoms with Gasteiger partial charge in [-0.05, 0) is 54.4 Å². The molecule has 0 bridgehead atoms. The molecule has 2 heterocycles. The highest BCUT2D eigenvalue weighted by Gasteiger charge is 2.21. The van der Waals surface area contributed by atoms with E-state index in [1.54, 1.807) is 0 Å². The molecule has 2 N–H and O–H groups in total. The number of hydrogen-bond acceptors (Lipinski definition) is 3. The van der Waals surface area contributed by atoms with Crippen LogP contribution in [0.2, 0.25) is 0 Å². The van der Waals surface area contributed by atoms with Crippen LogP contribution < -0.4 is 10.6 Å². The molecular weight excluding hydrogens is 282 g/mol. The standard InChI is InChI=1S/C12H16BrN3O/c1-8-10(4-5-11(13)15-8)16-12(17)9-3-2-6-14-7-9/h4-5,9,14H,2-3,6-7H2,1H3,(H,16,17). The normalized spacial score (nSPS) is 20.0. The largest absolute Gasteiger partial charge is 0.324 e. The van der Waals surface area contributed by atoms with E-state index < -0.39 is 0 Å². The van der Waals surface area contributed by atoms with Crippen LogP contribution in [0.15, 0.2) is 16.7 Å². The van der Waals surface area contributed by atoms with Crippen molar-refractivity contribution in [2.75, 3.05) is 18.4 Å². The van der Waals surface area contributed by atoms with E-state index in [1.807, 2.05) is 19.1 Å². The van der Waals surface area contributed by atoms with Crippen molar-refractivity contribution in [3.8, 4) is 0 Å². The van der Waals surface area contributed by atoms with Gasteiger partial charge in [0.1, 0.15) is 4.60 Å². The van der Waals surface area contributed by atoms with Gasteiger partial charge in [-0.1, -0.05) is 0 Å². The van der Waals surface area contributed by atoms with E-state index in [2.05, 4.69) is 31.5 Å². The van der Waals surface area contributed by atoms with Crippen molar-refractivity contribution in [2.24, 2.45) is 5.92 Å². The second-order valence-electron chi connectivity index (χ2n) is 4.30. The van der Waals surface area contributed by atoms with E-state index in [0.29, 0.717) is 0 Å². The van der Waals surface area contributed by atoms with Crippen molar-refractivity contribution in [1.29, 1.82) is 0 Å². The summed E-state index contributed by atoms with van der Waals surface area (Å²) in [5, 5.41) is 6.19. The number of pyridine rings is 1. The van der Waals surface area contributed by atoms with Gasteiger partial charge in [0, 0.05) is 6.54 Å². The second kappa shape index (κ2) is 5.60. The Morgan fingerprint density at radius 3 is 3.06 bits per heavy atom. The van der Waals surface area contributed by atoms with Crippen LogP contribution >= 0.6 is 15.9 Å².